The fourth-order valence-electron chi connectivity index (χ4n) is 3.29. The van der Waals surface area contributed by atoms with E-state index in [4.69, 9.17) is 0 Å². The van der Waals surface area contributed by atoms with Crippen LogP contribution in [0.1, 0.15) is 29.8 Å². The average molecular weight is 514 g/mol. The second-order valence-electron chi connectivity index (χ2n) is 7.86. The van der Waals surface area contributed by atoms with Gasteiger partial charge in [0.1, 0.15) is 12.4 Å². The van der Waals surface area contributed by atoms with Crippen molar-refractivity contribution in [3.63, 3.8) is 0 Å². The predicted octanol–water partition coefficient (Wildman–Crippen LogP) is 3.82. The molecule has 0 unspecified atom stereocenters. The van der Waals surface area contributed by atoms with E-state index in [-0.39, 0.29) is 35.6 Å². The van der Waals surface area contributed by atoms with Crippen molar-refractivity contribution < 1.29 is 31.1 Å². The number of carbonyl (C=O) groups is 1. The Balaban J connectivity index is 1.85. The fraction of sp³-hybridized carbons (Fsp3) is 0.304. The quantitative estimate of drug-likeness (QED) is 0.447. The van der Waals surface area contributed by atoms with E-state index in [1.54, 1.807) is 0 Å². The molecule has 3 aromatic rings. The predicted molar refractivity (Wildman–Crippen MR) is 117 cm³/mol. The van der Waals surface area contributed by atoms with E-state index in [2.05, 4.69) is 15.3 Å². The maximum Gasteiger partial charge on any atom is 0.416 e. The van der Waals surface area contributed by atoms with E-state index in [9.17, 15) is 40.7 Å². The van der Waals surface area contributed by atoms with E-state index < -0.39 is 48.8 Å². The molecule has 3 rings (SSSR count). The lowest BCUT2D eigenvalue weighted by Gasteiger charge is -2.15. The number of carbonyl (C=O) groups excluding carboxylic acids is 1. The van der Waals surface area contributed by atoms with Crippen LogP contribution in [0.4, 0.5) is 26.3 Å². The molecule has 0 atom stereocenters. The largest absolute Gasteiger partial charge is 0.416 e. The van der Waals surface area contributed by atoms with Crippen LogP contribution in [-0.2, 0) is 30.5 Å². The zero-order valence-electron chi connectivity index (χ0n) is 18.5. The van der Waals surface area contributed by atoms with Gasteiger partial charge in [-0.25, -0.2) is 4.98 Å². The van der Waals surface area contributed by atoms with Gasteiger partial charge >= 0.3 is 12.4 Å². The van der Waals surface area contributed by atoms with Gasteiger partial charge in [0.15, 0.2) is 0 Å². The number of halogens is 6. The number of pyridine rings is 1. The van der Waals surface area contributed by atoms with Gasteiger partial charge in [0.05, 0.1) is 11.3 Å². The number of hydrogen-bond acceptors (Lipinski definition) is 4. The highest BCUT2D eigenvalue weighted by Crippen LogP contribution is 2.30. The van der Waals surface area contributed by atoms with Crippen LogP contribution in [0, 0.1) is 0 Å². The number of aromatic amines is 1. The Hall–Kier alpha value is -3.90. The molecule has 1 amide bonds. The number of nitrogens with one attached hydrogen (secondary N) is 2. The number of hydrogen-bond donors (Lipinski definition) is 2. The van der Waals surface area contributed by atoms with Crippen molar-refractivity contribution in [2.24, 2.45) is 0 Å². The van der Waals surface area contributed by atoms with Crippen LogP contribution in [0.25, 0.3) is 11.3 Å². The highest BCUT2D eigenvalue weighted by molar-refractivity contribution is 5.75. The number of benzene rings is 1. The molecule has 2 N–H and O–H groups in total. The van der Waals surface area contributed by atoms with Crippen LogP contribution < -0.4 is 16.4 Å². The van der Waals surface area contributed by atoms with Crippen molar-refractivity contribution in [1.29, 1.82) is 0 Å². The molecular formula is C23H20F6N4O3. The smallest absolute Gasteiger partial charge is 0.350 e. The van der Waals surface area contributed by atoms with Gasteiger partial charge < -0.3 is 10.3 Å². The van der Waals surface area contributed by atoms with Crippen LogP contribution in [0.3, 0.4) is 0 Å². The molecule has 0 aliphatic rings. The number of aryl methyl sites for hydroxylation is 1. The summed E-state index contributed by atoms with van der Waals surface area (Å²) in [5.74, 6) is -0.745. The summed E-state index contributed by atoms with van der Waals surface area (Å²) in [6.45, 7) is -0.519. The third kappa shape index (κ3) is 7.55. The molecule has 0 fully saturated rings. The van der Waals surface area contributed by atoms with Crippen molar-refractivity contribution >= 4 is 5.91 Å². The van der Waals surface area contributed by atoms with Crippen LogP contribution in [0.15, 0.2) is 58.3 Å². The highest BCUT2D eigenvalue weighted by Gasteiger charge is 2.30. The normalized spacial score (nSPS) is 11.9. The maximum atomic E-state index is 12.8. The number of aromatic nitrogens is 3. The standard InChI is InChI=1S/C23H20F6N4O3/c24-22(25,26)9-1-2-18-32-17(15-4-6-16(7-5-15)23(27,28)29)10-21(36)33(18)13-20(35)31-12-14-3-8-19(34)30-11-14/h3-8,10-11H,1-2,9,12-13H2,(H,30,34)(H,31,35). The minimum atomic E-state index is -4.57. The van der Waals surface area contributed by atoms with Gasteiger partial charge in [0, 0.05) is 43.3 Å². The lowest BCUT2D eigenvalue weighted by Crippen LogP contribution is -2.34. The fourth-order valence-corrected chi connectivity index (χ4v) is 3.29. The van der Waals surface area contributed by atoms with Crippen LogP contribution in [0.2, 0.25) is 0 Å². The van der Waals surface area contributed by atoms with E-state index in [1.807, 2.05) is 0 Å². The van der Waals surface area contributed by atoms with Crippen LogP contribution >= 0.6 is 0 Å². The molecule has 13 heteroatoms. The molecule has 0 spiro atoms. The summed E-state index contributed by atoms with van der Waals surface area (Å²) >= 11 is 0. The Morgan fingerprint density at radius 3 is 2.28 bits per heavy atom. The Kier molecular flexibility index (Phi) is 8.00. The first-order chi connectivity index (χ1) is 16.8. The molecule has 0 aliphatic heterocycles. The Morgan fingerprint density at radius 2 is 1.69 bits per heavy atom. The van der Waals surface area contributed by atoms with Crippen molar-refractivity contribution in [3.05, 3.63) is 86.3 Å². The molecule has 0 saturated carbocycles. The summed E-state index contributed by atoms with van der Waals surface area (Å²) in [4.78, 5) is 42.9. The second-order valence-corrected chi connectivity index (χ2v) is 7.86. The van der Waals surface area contributed by atoms with Crippen molar-refractivity contribution in [2.75, 3.05) is 0 Å². The number of nitrogens with zero attached hydrogens (tertiary/aromatic N) is 2. The molecule has 2 heterocycles. The minimum absolute atomic E-state index is 0.0187. The molecule has 1 aromatic carbocycles. The zero-order valence-corrected chi connectivity index (χ0v) is 18.5. The van der Waals surface area contributed by atoms with Crippen molar-refractivity contribution in [2.45, 2.75) is 44.7 Å². The highest BCUT2D eigenvalue weighted by atomic mass is 19.4. The number of alkyl halides is 6. The Morgan fingerprint density at radius 1 is 1.00 bits per heavy atom. The number of rotatable bonds is 8. The number of H-pyrrole nitrogens is 1. The third-order valence-corrected chi connectivity index (χ3v) is 5.10. The van der Waals surface area contributed by atoms with Gasteiger partial charge in [0.2, 0.25) is 11.5 Å². The topological polar surface area (TPSA) is 96.8 Å². The third-order valence-electron chi connectivity index (χ3n) is 5.10. The summed E-state index contributed by atoms with van der Waals surface area (Å²) in [5.41, 5.74) is -1.30. The zero-order chi connectivity index (χ0) is 26.5. The molecule has 7 nitrogen and oxygen atoms in total. The van der Waals surface area contributed by atoms with Gasteiger partial charge in [-0.15, -0.1) is 0 Å². The molecule has 0 aliphatic carbocycles. The number of amides is 1. The van der Waals surface area contributed by atoms with Gasteiger partial charge in [0.25, 0.3) is 5.56 Å². The first kappa shape index (κ1) is 26.7. The summed E-state index contributed by atoms with van der Waals surface area (Å²) in [6.07, 6.45) is -9.48. The van der Waals surface area contributed by atoms with Crippen molar-refractivity contribution in [3.8, 4) is 11.3 Å². The van der Waals surface area contributed by atoms with E-state index in [0.29, 0.717) is 5.56 Å². The van der Waals surface area contributed by atoms with Gasteiger partial charge in [-0.3, -0.25) is 19.0 Å². The Labute approximate surface area is 199 Å². The van der Waals surface area contributed by atoms with E-state index in [1.165, 1.54) is 18.3 Å². The van der Waals surface area contributed by atoms with Gasteiger partial charge in [-0.1, -0.05) is 18.2 Å². The molecule has 0 saturated heterocycles. The van der Waals surface area contributed by atoms with E-state index >= 15 is 0 Å². The van der Waals surface area contributed by atoms with Crippen molar-refractivity contribution in [1.82, 2.24) is 19.9 Å². The summed E-state index contributed by atoms with van der Waals surface area (Å²) < 4.78 is 77.4. The lowest BCUT2D eigenvalue weighted by molar-refractivity contribution is -0.137. The summed E-state index contributed by atoms with van der Waals surface area (Å²) in [5, 5.41) is 2.53. The lowest BCUT2D eigenvalue weighted by atomic mass is 10.1. The summed E-state index contributed by atoms with van der Waals surface area (Å²) in [7, 11) is 0. The molecule has 0 bridgehead atoms. The Bertz CT molecular complexity index is 1310. The molecule has 192 valence electrons. The molecule has 36 heavy (non-hydrogen) atoms. The van der Waals surface area contributed by atoms with Gasteiger partial charge in [-0.2, -0.15) is 26.3 Å². The second kappa shape index (κ2) is 10.8. The molecular weight excluding hydrogens is 494 g/mol. The van der Waals surface area contributed by atoms with Crippen LogP contribution in [-0.4, -0.2) is 26.6 Å². The van der Waals surface area contributed by atoms with Gasteiger partial charge in [-0.05, 0) is 24.1 Å². The molecule has 2 aromatic heterocycles. The first-order valence-corrected chi connectivity index (χ1v) is 10.6. The maximum absolute atomic E-state index is 12.8. The molecule has 0 radical (unpaired) electrons. The van der Waals surface area contributed by atoms with Crippen LogP contribution in [0.5, 0.6) is 0 Å². The monoisotopic (exact) mass is 514 g/mol. The summed E-state index contributed by atoms with van der Waals surface area (Å²) in [6, 6.07) is 7.55. The average Bonchev–Trinajstić information content (AvgIpc) is 2.79. The van der Waals surface area contributed by atoms with E-state index in [0.717, 1.165) is 34.9 Å². The SMILES string of the molecule is O=C(Cn1c(CCCC(F)(F)F)nc(-c2ccc(C(F)(F)F)cc2)cc1=O)NCc1ccc(=O)[nH]c1. The first-order valence-electron chi connectivity index (χ1n) is 10.6. The minimum Gasteiger partial charge on any atom is -0.350 e.